The number of benzene rings is 2. The first-order chi connectivity index (χ1) is 12.0. The Hall–Kier alpha value is -2.17. The maximum atomic E-state index is 11.2. The van der Waals surface area contributed by atoms with Crippen molar-refractivity contribution in [3.63, 3.8) is 0 Å². The number of aromatic carboxylic acids is 1. The number of hydrogen-bond donors (Lipinski definition) is 1. The molecule has 4 heteroatoms. The van der Waals surface area contributed by atoms with Gasteiger partial charge in [0.05, 0.1) is 5.56 Å². The second kappa shape index (κ2) is 7.81. The fraction of sp³-hybridized carbons (Fsp3) is 0.381. The Bertz CT molecular complexity index is 717. The number of carbonyl (C=O) groups is 1. The van der Waals surface area contributed by atoms with E-state index in [4.69, 9.17) is 5.11 Å². The fourth-order valence-corrected chi connectivity index (χ4v) is 3.57. The largest absolute Gasteiger partial charge is 0.478 e. The van der Waals surface area contributed by atoms with Crippen molar-refractivity contribution < 1.29 is 9.90 Å². The SMILES string of the molecule is CC1CN(Cc2cccc(C(=O)O)c2)C(C)CN1Cc1ccccc1. The molecule has 2 aromatic rings. The van der Waals surface area contributed by atoms with Crippen LogP contribution in [0, 0.1) is 0 Å². The lowest BCUT2D eigenvalue weighted by molar-refractivity contribution is 0.0328. The maximum Gasteiger partial charge on any atom is 0.335 e. The van der Waals surface area contributed by atoms with E-state index in [-0.39, 0.29) is 0 Å². The van der Waals surface area contributed by atoms with Gasteiger partial charge in [0.1, 0.15) is 0 Å². The van der Waals surface area contributed by atoms with E-state index in [2.05, 4.69) is 54.0 Å². The van der Waals surface area contributed by atoms with Gasteiger partial charge in [-0.1, -0.05) is 42.5 Å². The molecule has 1 aliphatic heterocycles. The first kappa shape index (κ1) is 17.6. The maximum absolute atomic E-state index is 11.2. The average Bonchev–Trinajstić information content (AvgIpc) is 2.60. The molecule has 0 bridgehead atoms. The summed E-state index contributed by atoms with van der Waals surface area (Å²) < 4.78 is 0. The second-order valence-electron chi connectivity index (χ2n) is 7.05. The van der Waals surface area contributed by atoms with Gasteiger partial charge in [0.15, 0.2) is 0 Å². The van der Waals surface area contributed by atoms with Crippen LogP contribution in [-0.4, -0.2) is 46.0 Å². The first-order valence-corrected chi connectivity index (χ1v) is 8.87. The van der Waals surface area contributed by atoms with Gasteiger partial charge in [-0.3, -0.25) is 9.80 Å². The lowest BCUT2D eigenvalue weighted by atomic mass is 10.0. The summed E-state index contributed by atoms with van der Waals surface area (Å²) in [6.45, 7) is 8.32. The zero-order valence-electron chi connectivity index (χ0n) is 14.9. The molecule has 132 valence electrons. The summed E-state index contributed by atoms with van der Waals surface area (Å²) in [6, 6.07) is 18.8. The van der Waals surface area contributed by atoms with E-state index in [0.29, 0.717) is 17.6 Å². The zero-order valence-corrected chi connectivity index (χ0v) is 14.9. The molecule has 1 saturated heterocycles. The Morgan fingerprint density at radius 3 is 2.08 bits per heavy atom. The van der Waals surface area contributed by atoms with Crippen LogP contribution in [0.1, 0.15) is 35.3 Å². The van der Waals surface area contributed by atoms with Gasteiger partial charge in [0.25, 0.3) is 0 Å². The monoisotopic (exact) mass is 338 g/mol. The molecular weight excluding hydrogens is 312 g/mol. The van der Waals surface area contributed by atoms with Gasteiger partial charge in [-0.2, -0.15) is 0 Å². The Morgan fingerprint density at radius 2 is 1.48 bits per heavy atom. The fourth-order valence-electron chi connectivity index (χ4n) is 3.57. The van der Waals surface area contributed by atoms with Gasteiger partial charge >= 0.3 is 5.97 Å². The minimum absolute atomic E-state index is 0.362. The molecule has 0 aliphatic carbocycles. The molecular formula is C21H26N2O2. The molecule has 0 aromatic heterocycles. The first-order valence-electron chi connectivity index (χ1n) is 8.87. The molecule has 1 N–H and O–H groups in total. The quantitative estimate of drug-likeness (QED) is 0.906. The van der Waals surface area contributed by atoms with Crippen LogP contribution in [0.3, 0.4) is 0 Å². The highest BCUT2D eigenvalue weighted by atomic mass is 16.4. The lowest BCUT2D eigenvalue weighted by Gasteiger charge is -2.44. The van der Waals surface area contributed by atoms with Crippen LogP contribution in [0.2, 0.25) is 0 Å². The van der Waals surface area contributed by atoms with E-state index in [1.54, 1.807) is 12.1 Å². The van der Waals surface area contributed by atoms with E-state index < -0.39 is 5.97 Å². The van der Waals surface area contributed by atoms with Crippen LogP contribution in [0.25, 0.3) is 0 Å². The van der Waals surface area contributed by atoms with Crippen LogP contribution in [0.4, 0.5) is 0 Å². The highest BCUT2D eigenvalue weighted by molar-refractivity contribution is 5.87. The van der Waals surface area contributed by atoms with Crippen LogP contribution in [0.5, 0.6) is 0 Å². The number of carboxylic acids is 1. The predicted molar refractivity (Wildman–Crippen MR) is 99.6 cm³/mol. The van der Waals surface area contributed by atoms with Crippen molar-refractivity contribution in [2.45, 2.75) is 39.0 Å². The van der Waals surface area contributed by atoms with Crippen molar-refractivity contribution in [2.24, 2.45) is 0 Å². The Labute approximate surface area is 149 Å². The molecule has 0 amide bonds. The van der Waals surface area contributed by atoms with Gasteiger partial charge in [-0.25, -0.2) is 4.79 Å². The van der Waals surface area contributed by atoms with Gasteiger partial charge in [0, 0.05) is 38.3 Å². The molecule has 1 aliphatic rings. The topological polar surface area (TPSA) is 43.8 Å². The molecule has 0 spiro atoms. The predicted octanol–water partition coefficient (Wildman–Crippen LogP) is 3.48. The standard InChI is InChI=1S/C21H26N2O2/c1-16-13-23(15-19-9-6-10-20(11-19)21(24)25)17(2)12-22(16)14-18-7-4-3-5-8-18/h3-11,16-17H,12-15H2,1-2H3,(H,24,25). The van der Waals surface area contributed by atoms with Crippen LogP contribution >= 0.6 is 0 Å². The van der Waals surface area contributed by atoms with Gasteiger partial charge in [-0.15, -0.1) is 0 Å². The number of piperazine rings is 1. The lowest BCUT2D eigenvalue weighted by Crippen LogP contribution is -2.55. The number of hydrogen-bond acceptors (Lipinski definition) is 3. The van der Waals surface area contributed by atoms with Crippen molar-refractivity contribution in [1.29, 1.82) is 0 Å². The van der Waals surface area contributed by atoms with E-state index in [1.807, 2.05) is 12.1 Å². The van der Waals surface area contributed by atoms with Crippen LogP contribution in [-0.2, 0) is 13.1 Å². The third-order valence-electron chi connectivity index (χ3n) is 5.03. The van der Waals surface area contributed by atoms with E-state index in [9.17, 15) is 4.79 Å². The summed E-state index contributed by atoms with van der Waals surface area (Å²) >= 11 is 0. The van der Waals surface area contributed by atoms with Crippen molar-refractivity contribution in [1.82, 2.24) is 9.80 Å². The van der Waals surface area contributed by atoms with Gasteiger partial charge in [0.2, 0.25) is 0 Å². The minimum Gasteiger partial charge on any atom is -0.478 e. The van der Waals surface area contributed by atoms with Crippen molar-refractivity contribution in [3.8, 4) is 0 Å². The van der Waals surface area contributed by atoms with Crippen LogP contribution in [0.15, 0.2) is 54.6 Å². The summed E-state index contributed by atoms with van der Waals surface area (Å²) in [5.41, 5.74) is 2.78. The molecule has 0 radical (unpaired) electrons. The average molecular weight is 338 g/mol. The van der Waals surface area contributed by atoms with E-state index in [0.717, 1.165) is 31.7 Å². The van der Waals surface area contributed by atoms with E-state index >= 15 is 0 Å². The molecule has 1 fully saturated rings. The molecule has 1 heterocycles. The minimum atomic E-state index is -0.865. The molecule has 2 atom stereocenters. The normalized spacial score (nSPS) is 22.0. The third kappa shape index (κ3) is 4.47. The summed E-state index contributed by atoms with van der Waals surface area (Å²) in [5, 5.41) is 9.16. The number of rotatable bonds is 5. The Kier molecular flexibility index (Phi) is 5.51. The van der Waals surface area contributed by atoms with Crippen molar-refractivity contribution >= 4 is 5.97 Å². The smallest absolute Gasteiger partial charge is 0.335 e. The Balaban J connectivity index is 1.64. The molecule has 4 nitrogen and oxygen atoms in total. The van der Waals surface area contributed by atoms with Gasteiger partial charge in [-0.05, 0) is 37.1 Å². The molecule has 2 unspecified atom stereocenters. The van der Waals surface area contributed by atoms with Crippen molar-refractivity contribution in [2.75, 3.05) is 13.1 Å². The summed E-state index contributed by atoms with van der Waals surface area (Å²) in [7, 11) is 0. The third-order valence-corrected chi connectivity index (χ3v) is 5.03. The van der Waals surface area contributed by atoms with Crippen LogP contribution < -0.4 is 0 Å². The molecule has 25 heavy (non-hydrogen) atoms. The molecule has 2 aromatic carbocycles. The van der Waals surface area contributed by atoms with Gasteiger partial charge < -0.3 is 5.11 Å². The second-order valence-corrected chi connectivity index (χ2v) is 7.05. The summed E-state index contributed by atoms with van der Waals surface area (Å²) in [6.07, 6.45) is 0. The highest BCUT2D eigenvalue weighted by Crippen LogP contribution is 2.20. The Morgan fingerprint density at radius 1 is 0.920 bits per heavy atom. The van der Waals surface area contributed by atoms with Crippen molar-refractivity contribution in [3.05, 3.63) is 71.3 Å². The summed E-state index contributed by atoms with van der Waals surface area (Å²) in [4.78, 5) is 16.1. The molecule has 0 saturated carbocycles. The zero-order chi connectivity index (χ0) is 17.8. The highest BCUT2D eigenvalue weighted by Gasteiger charge is 2.28. The van der Waals surface area contributed by atoms with E-state index in [1.165, 1.54) is 5.56 Å². The number of nitrogens with zero attached hydrogens (tertiary/aromatic N) is 2. The summed E-state index contributed by atoms with van der Waals surface area (Å²) in [5.74, 6) is -0.865. The molecule has 3 rings (SSSR count). The number of carboxylic acid groups (broad SMARTS) is 1.